The quantitative estimate of drug-likeness (QED) is 0.470. The Morgan fingerprint density at radius 1 is 1.33 bits per heavy atom. The second kappa shape index (κ2) is 10.3. The second-order valence-electron chi connectivity index (χ2n) is 6.90. The highest BCUT2D eigenvalue weighted by molar-refractivity contribution is 8.00. The molecule has 3 rings (SSSR count). The Bertz CT molecular complexity index is 1010. The van der Waals surface area contributed by atoms with Crippen molar-refractivity contribution in [2.24, 2.45) is 0 Å². The zero-order valence-electron chi connectivity index (χ0n) is 16.6. The number of nitrogens with zero attached hydrogens (tertiary/aromatic N) is 4. The summed E-state index contributed by atoms with van der Waals surface area (Å²) >= 11 is 2.75. The number of nitriles is 1. The smallest absolute Gasteiger partial charge is 0.244 e. The Morgan fingerprint density at radius 2 is 2.10 bits per heavy atom. The van der Waals surface area contributed by atoms with Crippen molar-refractivity contribution in [3.8, 4) is 6.07 Å². The number of carbonyl (C=O) groups is 1. The van der Waals surface area contributed by atoms with Gasteiger partial charge in [-0.1, -0.05) is 48.6 Å². The molecule has 0 saturated carbocycles. The molecule has 1 aromatic carbocycles. The molecule has 0 bridgehead atoms. The zero-order chi connectivity index (χ0) is 21.6. The second-order valence-corrected chi connectivity index (χ2v) is 11.1. The Balaban J connectivity index is 1.60. The molecule has 1 aliphatic heterocycles. The number of hydrogen-bond donors (Lipinski definition) is 1. The molecule has 2 aromatic rings. The van der Waals surface area contributed by atoms with Gasteiger partial charge in [0, 0.05) is 12.3 Å². The molecular formula is C19H23N5O3S3. The number of aromatic nitrogens is 2. The number of sulfonamides is 1. The standard InChI is InChI=1S/C19H23N5O3S3/c1-2-11-30(26,27)24-10-4-3-5-16(24)17(25)21-18-22-23-19(29-18)28-13-15-8-6-14(12-20)7-9-15/h6-9,16H,2-5,10-11,13H2,1H3,(H,21,22,25). The van der Waals surface area contributed by atoms with E-state index in [9.17, 15) is 13.2 Å². The number of carbonyl (C=O) groups excluding carboxylic acids is 1. The van der Waals surface area contributed by atoms with Crippen LogP contribution in [0, 0.1) is 11.3 Å². The van der Waals surface area contributed by atoms with E-state index in [1.165, 1.54) is 27.4 Å². The third-order valence-corrected chi connectivity index (χ3v) is 8.78. The van der Waals surface area contributed by atoms with Gasteiger partial charge in [0.25, 0.3) is 0 Å². The summed E-state index contributed by atoms with van der Waals surface area (Å²) in [6.45, 7) is 2.19. The number of rotatable bonds is 8. The first-order chi connectivity index (χ1) is 14.4. The van der Waals surface area contributed by atoms with E-state index in [1.807, 2.05) is 19.1 Å². The van der Waals surface area contributed by atoms with E-state index in [1.54, 1.807) is 12.1 Å². The van der Waals surface area contributed by atoms with E-state index in [0.29, 0.717) is 40.2 Å². The fourth-order valence-corrected chi connectivity index (χ4v) is 6.66. The minimum absolute atomic E-state index is 0.0473. The lowest BCUT2D eigenvalue weighted by molar-refractivity contribution is -0.120. The first kappa shape index (κ1) is 22.7. The Hall–Kier alpha value is -2.00. The van der Waals surface area contributed by atoms with Crippen molar-refractivity contribution in [3.05, 3.63) is 35.4 Å². The van der Waals surface area contributed by atoms with Crippen LogP contribution in [0.3, 0.4) is 0 Å². The third-order valence-electron chi connectivity index (χ3n) is 4.66. The van der Waals surface area contributed by atoms with Crippen LogP contribution in [0.25, 0.3) is 0 Å². The van der Waals surface area contributed by atoms with Gasteiger partial charge >= 0.3 is 0 Å². The average molecular weight is 466 g/mol. The van der Waals surface area contributed by atoms with Crippen LogP contribution in [0.15, 0.2) is 28.6 Å². The first-order valence-electron chi connectivity index (χ1n) is 9.68. The number of hydrogen-bond acceptors (Lipinski definition) is 8. The van der Waals surface area contributed by atoms with Crippen molar-refractivity contribution in [3.63, 3.8) is 0 Å². The van der Waals surface area contributed by atoms with Crippen molar-refractivity contribution in [1.29, 1.82) is 5.26 Å². The van der Waals surface area contributed by atoms with Gasteiger partial charge in [-0.3, -0.25) is 10.1 Å². The summed E-state index contributed by atoms with van der Waals surface area (Å²) in [5.41, 5.74) is 1.67. The largest absolute Gasteiger partial charge is 0.299 e. The lowest BCUT2D eigenvalue weighted by Gasteiger charge is -2.33. The highest BCUT2D eigenvalue weighted by Crippen LogP contribution is 2.29. The predicted octanol–water partition coefficient (Wildman–Crippen LogP) is 3.23. The van der Waals surface area contributed by atoms with Gasteiger partial charge in [0.1, 0.15) is 6.04 Å². The summed E-state index contributed by atoms with van der Waals surface area (Å²) in [6.07, 6.45) is 2.61. The molecule has 0 radical (unpaired) electrons. The maximum absolute atomic E-state index is 12.8. The highest BCUT2D eigenvalue weighted by Gasteiger charge is 2.36. The van der Waals surface area contributed by atoms with Crippen LogP contribution in [0.5, 0.6) is 0 Å². The fraction of sp³-hybridized carbons (Fsp3) is 0.474. The van der Waals surface area contributed by atoms with Crippen LogP contribution in [0.1, 0.15) is 43.7 Å². The number of nitrogens with one attached hydrogen (secondary N) is 1. The molecule has 11 heteroatoms. The molecule has 1 aliphatic rings. The molecule has 1 atom stereocenters. The van der Waals surface area contributed by atoms with Crippen molar-refractivity contribution in [1.82, 2.24) is 14.5 Å². The summed E-state index contributed by atoms with van der Waals surface area (Å²) in [4.78, 5) is 12.8. The summed E-state index contributed by atoms with van der Waals surface area (Å²) in [5, 5.41) is 20.1. The molecule has 2 heterocycles. The maximum atomic E-state index is 12.8. The van der Waals surface area contributed by atoms with Gasteiger partial charge in [-0.05, 0) is 37.0 Å². The van der Waals surface area contributed by atoms with Crippen LogP contribution in [0.4, 0.5) is 5.13 Å². The molecule has 1 saturated heterocycles. The van der Waals surface area contributed by atoms with Gasteiger partial charge in [-0.2, -0.15) is 9.57 Å². The Kier molecular flexibility index (Phi) is 7.82. The molecule has 1 aromatic heterocycles. The van der Waals surface area contributed by atoms with Crippen molar-refractivity contribution in [2.75, 3.05) is 17.6 Å². The van der Waals surface area contributed by atoms with Crippen LogP contribution >= 0.6 is 23.1 Å². The molecule has 30 heavy (non-hydrogen) atoms. The Morgan fingerprint density at radius 3 is 2.80 bits per heavy atom. The molecule has 1 N–H and O–H groups in total. The van der Waals surface area contributed by atoms with Crippen molar-refractivity contribution < 1.29 is 13.2 Å². The molecule has 1 amide bonds. The van der Waals surface area contributed by atoms with Gasteiger partial charge in [-0.25, -0.2) is 8.42 Å². The molecule has 160 valence electrons. The topological polar surface area (TPSA) is 116 Å². The van der Waals surface area contributed by atoms with Crippen LogP contribution < -0.4 is 5.32 Å². The van der Waals surface area contributed by atoms with E-state index < -0.39 is 16.1 Å². The number of thioether (sulfide) groups is 1. The number of amides is 1. The average Bonchev–Trinajstić information content (AvgIpc) is 3.20. The monoisotopic (exact) mass is 465 g/mol. The van der Waals surface area contributed by atoms with E-state index in [0.717, 1.165) is 18.4 Å². The minimum atomic E-state index is -3.44. The summed E-state index contributed by atoms with van der Waals surface area (Å²) < 4.78 is 27.1. The lowest BCUT2D eigenvalue weighted by atomic mass is 10.0. The van der Waals surface area contributed by atoms with E-state index in [-0.39, 0.29) is 11.7 Å². The summed E-state index contributed by atoms with van der Waals surface area (Å²) in [5.74, 6) is 0.361. The summed E-state index contributed by atoms with van der Waals surface area (Å²) in [7, 11) is -3.44. The van der Waals surface area contributed by atoms with E-state index in [4.69, 9.17) is 5.26 Å². The molecule has 1 fully saturated rings. The highest BCUT2D eigenvalue weighted by atomic mass is 32.2. The molecule has 0 spiro atoms. The Labute approximate surface area is 184 Å². The van der Waals surface area contributed by atoms with E-state index in [2.05, 4.69) is 21.6 Å². The fourth-order valence-electron chi connectivity index (χ4n) is 3.20. The van der Waals surface area contributed by atoms with E-state index >= 15 is 0 Å². The van der Waals surface area contributed by atoms with Crippen LogP contribution in [-0.4, -0.2) is 47.2 Å². The molecule has 8 nitrogen and oxygen atoms in total. The number of anilines is 1. The predicted molar refractivity (Wildman–Crippen MR) is 118 cm³/mol. The zero-order valence-corrected chi connectivity index (χ0v) is 19.0. The first-order valence-corrected chi connectivity index (χ1v) is 13.1. The van der Waals surface area contributed by atoms with Gasteiger partial charge in [-0.15, -0.1) is 10.2 Å². The van der Waals surface area contributed by atoms with Gasteiger partial charge in [0.15, 0.2) is 4.34 Å². The van der Waals surface area contributed by atoms with Gasteiger partial charge in [0.05, 0.1) is 17.4 Å². The van der Waals surface area contributed by atoms with Crippen LogP contribution in [-0.2, 0) is 20.6 Å². The third kappa shape index (κ3) is 5.78. The van der Waals surface area contributed by atoms with Crippen molar-refractivity contribution >= 4 is 44.2 Å². The normalized spacial score (nSPS) is 17.4. The molecule has 0 aliphatic carbocycles. The SMILES string of the molecule is CCCS(=O)(=O)N1CCCCC1C(=O)Nc1nnc(SCc2ccc(C#N)cc2)s1. The number of benzene rings is 1. The van der Waals surface area contributed by atoms with Gasteiger partial charge < -0.3 is 0 Å². The van der Waals surface area contributed by atoms with Crippen molar-refractivity contribution in [2.45, 2.75) is 48.7 Å². The molecular weight excluding hydrogens is 442 g/mol. The summed E-state index contributed by atoms with van der Waals surface area (Å²) in [6, 6.07) is 8.71. The van der Waals surface area contributed by atoms with Gasteiger partial charge in [0.2, 0.25) is 21.1 Å². The maximum Gasteiger partial charge on any atom is 0.244 e. The minimum Gasteiger partial charge on any atom is -0.299 e. The lowest BCUT2D eigenvalue weighted by Crippen LogP contribution is -2.50. The molecule has 1 unspecified atom stereocenters. The van der Waals surface area contributed by atoms with Crippen LogP contribution in [0.2, 0.25) is 0 Å². The number of piperidine rings is 1.